The molecule has 1 amide bonds. The van der Waals surface area contributed by atoms with Crippen molar-refractivity contribution in [2.75, 3.05) is 13.1 Å². The van der Waals surface area contributed by atoms with E-state index in [-0.39, 0.29) is 12.5 Å². The Hall–Kier alpha value is -0.830. The number of hydrogen-bond donors (Lipinski definition) is 2. The molecule has 9 heavy (non-hydrogen) atoms. The van der Waals surface area contributed by atoms with Crippen molar-refractivity contribution in [2.24, 2.45) is 5.73 Å². The number of nitrogens with two attached hydrogens (primary N) is 1. The second-order valence-electron chi connectivity index (χ2n) is 1.16. The fraction of sp³-hybridized carbons (Fsp3) is 0.500. The topological polar surface area (TPSA) is 55.1 Å². The molecule has 0 aliphatic rings. The van der Waals surface area contributed by atoms with E-state index in [1.807, 2.05) is 6.92 Å². The second-order valence-corrected chi connectivity index (χ2v) is 1.16. The number of amides is 1. The lowest BCUT2D eigenvalue weighted by molar-refractivity contribution is -0.119. The maximum atomic E-state index is 10.2. The predicted molar refractivity (Wildman–Crippen MR) is 39.0 cm³/mol. The molecule has 0 heterocycles. The summed E-state index contributed by atoms with van der Waals surface area (Å²) in [6.45, 7) is 8.61. The van der Waals surface area contributed by atoms with Gasteiger partial charge in [0.1, 0.15) is 0 Å². The number of carbonyl (C=O) groups excluding carboxylic acids is 1. The highest BCUT2D eigenvalue weighted by atomic mass is 16.1. The van der Waals surface area contributed by atoms with Crippen LogP contribution in [0.15, 0.2) is 13.2 Å². The fourth-order valence-electron chi connectivity index (χ4n) is 0.269. The van der Waals surface area contributed by atoms with Crippen LogP contribution in [0.4, 0.5) is 0 Å². The van der Waals surface area contributed by atoms with Crippen molar-refractivity contribution in [2.45, 2.75) is 6.92 Å². The van der Waals surface area contributed by atoms with Gasteiger partial charge in [-0.05, 0) is 6.92 Å². The van der Waals surface area contributed by atoms with Gasteiger partial charge in [-0.25, -0.2) is 0 Å². The SMILES string of the molecule is C=C.CCNC(=O)CN. The summed E-state index contributed by atoms with van der Waals surface area (Å²) in [5.41, 5.74) is 4.95. The van der Waals surface area contributed by atoms with Gasteiger partial charge in [0.15, 0.2) is 0 Å². The molecule has 0 saturated heterocycles. The number of rotatable bonds is 2. The van der Waals surface area contributed by atoms with Gasteiger partial charge >= 0.3 is 0 Å². The lowest BCUT2D eigenvalue weighted by atomic mass is 10.6. The van der Waals surface area contributed by atoms with Gasteiger partial charge < -0.3 is 11.1 Å². The molecule has 3 nitrogen and oxygen atoms in total. The van der Waals surface area contributed by atoms with Crippen molar-refractivity contribution in [3.05, 3.63) is 13.2 Å². The zero-order valence-corrected chi connectivity index (χ0v) is 5.81. The first-order valence-corrected chi connectivity index (χ1v) is 2.78. The summed E-state index contributed by atoms with van der Waals surface area (Å²) in [5, 5.41) is 2.53. The van der Waals surface area contributed by atoms with Gasteiger partial charge in [-0.1, -0.05) is 0 Å². The minimum atomic E-state index is -0.0949. The molecule has 0 aromatic rings. The van der Waals surface area contributed by atoms with Crippen LogP contribution in [0.25, 0.3) is 0 Å². The molecule has 0 aliphatic heterocycles. The maximum absolute atomic E-state index is 10.2. The molecule has 0 fully saturated rings. The lowest BCUT2D eigenvalue weighted by Gasteiger charge is -1.93. The number of carbonyl (C=O) groups is 1. The average molecular weight is 130 g/mol. The van der Waals surface area contributed by atoms with Crippen molar-refractivity contribution in [3.8, 4) is 0 Å². The monoisotopic (exact) mass is 130 g/mol. The largest absolute Gasteiger partial charge is 0.355 e. The summed E-state index contributed by atoms with van der Waals surface area (Å²) in [6, 6.07) is 0. The first kappa shape index (κ1) is 11.0. The lowest BCUT2D eigenvalue weighted by Crippen LogP contribution is -2.29. The molecule has 0 aromatic heterocycles. The number of nitrogens with one attached hydrogen (secondary N) is 1. The summed E-state index contributed by atoms with van der Waals surface area (Å²) >= 11 is 0. The molecule has 0 aliphatic carbocycles. The highest BCUT2D eigenvalue weighted by molar-refractivity contribution is 5.77. The van der Waals surface area contributed by atoms with Crippen LogP contribution in [0.3, 0.4) is 0 Å². The number of hydrogen-bond acceptors (Lipinski definition) is 2. The first-order valence-electron chi connectivity index (χ1n) is 2.78. The van der Waals surface area contributed by atoms with E-state index < -0.39 is 0 Å². The van der Waals surface area contributed by atoms with Crippen LogP contribution in [0.1, 0.15) is 6.92 Å². The van der Waals surface area contributed by atoms with E-state index in [4.69, 9.17) is 5.73 Å². The van der Waals surface area contributed by atoms with Crippen molar-refractivity contribution in [1.82, 2.24) is 5.32 Å². The zero-order valence-electron chi connectivity index (χ0n) is 5.81. The van der Waals surface area contributed by atoms with Crippen LogP contribution in [0, 0.1) is 0 Å². The molecule has 0 radical (unpaired) electrons. The standard InChI is InChI=1S/C4H10N2O.C2H4/c1-2-6-4(7)3-5;1-2/h2-3,5H2,1H3,(H,6,7);1-2H2. The fourth-order valence-corrected chi connectivity index (χ4v) is 0.269. The third-order valence-electron chi connectivity index (χ3n) is 0.559. The van der Waals surface area contributed by atoms with Gasteiger partial charge in [0, 0.05) is 6.54 Å². The Morgan fingerprint density at radius 2 is 2.11 bits per heavy atom. The Kier molecular flexibility index (Phi) is 12.5. The molecule has 0 spiro atoms. The Bertz CT molecular complexity index is 73.5. The highest BCUT2D eigenvalue weighted by Gasteiger charge is 1.88. The van der Waals surface area contributed by atoms with Crippen LogP contribution in [-0.2, 0) is 4.79 Å². The predicted octanol–water partition coefficient (Wildman–Crippen LogP) is -0.117. The van der Waals surface area contributed by atoms with Gasteiger partial charge in [-0.15, -0.1) is 13.2 Å². The third-order valence-corrected chi connectivity index (χ3v) is 0.559. The van der Waals surface area contributed by atoms with Crippen molar-refractivity contribution >= 4 is 5.91 Å². The quantitative estimate of drug-likeness (QED) is 0.512. The first-order chi connectivity index (χ1) is 4.31. The van der Waals surface area contributed by atoms with Gasteiger partial charge in [-0.3, -0.25) is 4.79 Å². The van der Waals surface area contributed by atoms with Crippen molar-refractivity contribution in [1.29, 1.82) is 0 Å². The third kappa shape index (κ3) is 11.0. The minimum absolute atomic E-state index is 0.0911. The van der Waals surface area contributed by atoms with E-state index in [9.17, 15) is 4.79 Å². The Balaban J connectivity index is 0. The molecule has 54 valence electrons. The summed E-state index contributed by atoms with van der Waals surface area (Å²) in [4.78, 5) is 10.2. The second kappa shape index (κ2) is 10.2. The van der Waals surface area contributed by atoms with Crippen LogP contribution in [0.5, 0.6) is 0 Å². The van der Waals surface area contributed by atoms with Crippen molar-refractivity contribution < 1.29 is 4.79 Å². The number of likely N-dealkylation sites (N-methyl/N-ethyl adjacent to an activating group) is 1. The maximum Gasteiger partial charge on any atom is 0.233 e. The molecular weight excluding hydrogens is 116 g/mol. The van der Waals surface area contributed by atoms with E-state index in [0.717, 1.165) is 0 Å². The van der Waals surface area contributed by atoms with Crippen LogP contribution in [-0.4, -0.2) is 19.0 Å². The van der Waals surface area contributed by atoms with Gasteiger partial charge in [-0.2, -0.15) is 0 Å². The van der Waals surface area contributed by atoms with E-state index in [2.05, 4.69) is 18.5 Å². The van der Waals surface area contributed by atoms with E-state index in [1.54, 1.807) is 0 Å². The van der Waals surface area contributed by atoms with Gasteiger partial charge in [0.2, 0.25) is 5.91 Å². The molecule has 0 bridgehead atoms. The molecule has 0 unspecified atom stereocenters. The Labute approximate surface area is 55.9 Å². The highest BCUT2D eigenvalue weighted by Crippen LogP contribution is 1.54. The summed E-state index contributed by atoms with van der Waals surface area (Å²) < 4.78 is 0. The zero-order chi connectivity index (χ0) is 7.70. The van der Waals surface area contributed by atoms with E-state index in [0.29, 0.717) is 6.54 Å². The Morgan fingerprint density at radius 3 is 2.22 bits per heavy atom. The molecule has 0 saturated carbocycles. The van der Waals surface area contributed by atoms with E-state index in [1.165, 1.54) is 0 Å². The van der Waals surface area contributed by atoms with Gasteiger partial charge in [0.05, 0.1) is 6.54 Å². The molecule has 0 aromatic carbocycles. The summed E-state index contributed by atoms with van der Waals surface area (Å²) in [7, 11) is 0. The molecular formula is C6H14N2O. The molecule has 3 N–H and O–H groups in total. The minimum Gasteiger partial charge on any atom is -0.355 e. The normalized spacial score (nSPS) is 6.89. The molecule has 0 atom stereocenters. The van der Waals surface area contributed by atoms with Crippen LogP contribution < -0.4 is 11.1 Å². The van der Waals surface area contributed by atoms with E-state index >= 15 is 0 Å². The summed E-state index contributed by atoms with van der Waals surface area (Å²) in [5.74, 6) is -0.0949. The van der Waals surface area contributed by atoms with Crippen LogP contribution >= 0.6 is 0 Å². The average Bonchev–Trinajstić information content (AvgIpc) is 1.93. The van der Waals surface area contributed by atoms with Crippen molar-refractivity contribution in [3.63, 3.8) is 0 Å². The smallest absolute Gasteiger partial charge is 0.233 e. The summed E-state index contributed by atoms with van der Waals surface area (Å²) in [6.07, 6.45) is 0. The van der Waals surface area contributed by atoms with Gasteiger partial charge in [0.25, 0.3) is 0 Å². The van der Waals surface area contributed by atoms with Crippen LogP contribution in [0.2, 0.25) is 0 Å². The molecule has 0 rings (SSSR count). The molecule has 3 heteroatoms. The Morgan fingerprint density at radius 1 is 1.67 bits per heavy atom.